The number of nitrogens with zero attached hydrogens (tertiary/aromatic N) is 4. The summed E-state index contributed by atoms with van der Waals surface area (Å²) in [4.78, 5) is 1.35. The van der Waals surface area contributed by atoms with E-state index in [9.17, 15) is 4.39 Å². The third-order valence-corrected chi connectivity index (χ3v) is 2.88. The molecule has 0 aliphatic carbocycles. The highest BCUT2D eigenvalue weighted by molar-refractivity contribution is 6.31. The molecule has 0 saturated carbocycles. The van der Waals surface area contributed by atoms with Gasteiger partial charge in [0, 0.05) is 5.56 Å². The van der Waals surface area contributed by atoms with E-state index in [1.165, 1.54) is 10.9 Å². The highest BCUT2D eigenvalue weighted by atomic mass is 35.5. The summed E-state index contributed by atoms with van der Waals surface area (Å²) < 4.78 is 14.0. The van der Waals surface area contributed by atoms with Gasteiger partial charge in [0.2, 0.25) is 5.82 Å². The number of rotatable bonds is 1. The van der Waals surface area contributed by atoms with Crippen LogP contribution in [0.3, 0.4) is 0 Å². The molecule has 6 heteroatoms. The van der Waals surface area contributed by atoms with Gasteiger partial charge in [0.1, 0.15) is 5.82 Å². The van der Waals surface area contributed by atoms with Crippen molar-refractivity contribution < 1.29 is 4.39 Å². The van der Waals surface area contributed by atoms with E-state index in [4.69, 9.17) is 11.6 Å². The summed E-state index contributed by atoms with van der Waals surface area (Å²) in [6.45, 7) is 5.78. The van der Waals surface area contributed by atoms with E-state index in [0.29, 0.717) is 17.0 Å². The quantitative estimate of drug-likeness (QED) is 0.799. The average molecular weight is 269 g/mol. The molecule has 2 rings (SSSR count). The fraction of sp³-hybridized carbons (Fsp3) is 0.417. The third-order valence-electron chi connectivity index (χ3n) is 2.60. The van der Waals surface area contributed by atoms with Gasteiger partial charge in [-0.15, -0.1) is 10.2 Å². The van der Waals surface area contributed by atoms with E-state index in [-0.39, 0.29) is 10.4 Å². The van der Waals surface area contributed by atoms with Gasteiger partial charge in [-0.05, 0) is 28.3 Å². The van der Waals surface area contributed by atoms with Gasteiger partial charge in [-0.2, -0.15) is 4.80 Å². The Hall–Kier alpha value is -1.49. The van der Waals surface area contributed by atoms with Gasteiger partial charge in [-0.3, -0.25) is 0 Å². The Kier molecular flexibility index (Phi) is 3.11. The molecule has 4 nitrogen and oxygen atoms in total. The first-order chi connectivity index (χ1) is 8.29. The van der Waals surface area contributed by atoms with Crippen molar-refractivity contribution in [2.24, 2.45) is 7.05 Å². The van der Waals surface area contributed by atoms with Crippen LogP contribution in [-0.2, 0) is 12.5 Å². The van der Waals surface area contributed by atoms with Gasteiger partial charge >= 0.3 is 0 Å². The van der Waals surface area contributed by atoms with Crippen molar-refractivity contribution in [1.82, 2.24) is 20.2 Å². The number of aryl methyl sites for hydroxylation is 1. The Morgan fingerprint density at radius 3 is 2.44 bits per heavy atom. The molecule has 0 fully saturated rings. The standard InChI is InChI=1S/C12H14ClFN4/c1-12(2,3)8-5-7(6-9(13)10(8)14)11-15-17-18(4)16-11/h5-6H,1-4H3. The van der Waals surface area contributed by atoms with Crippen LogP contribution < -0.4 is 0 Å². The van der Waals surface area contributed by atoms with Gasteiger partial charge in [0.25, 0.3) is 0 Å². The topological polar surface area (TPSA) is 43.6 Å². The summed E-state index contributed by atoms with van der Waals surface area (Å²) in [5, 5.41) is 11.8. The lowest BCUT2D eigenvalue weighted by Gasteiger charge is -2.21. The van der Waals surface area contributed by atoms with Crippen LogP contribution in [0.1, 0.15) is 26.3 Å². The van der Waals surface area contributed by atoms with Crippen molar-refractivity contribution in [2.45, 2.75) is 26.2 Å². The summed E-state index contributed by atoms with van der Waals surface area (Å²) in [6, 6.07) is 3.24. The van der Waals surface area contributed by atoms with Crippen LogP contribution in [0.15, 0.2) is 12.1 Å². The molecule has 0 radical (unpaired) electrons. The van der Waals surface area contributed by atoms with Crippen LogP contribution in [0.2, 0.25) is 5.02 Å². The van der Waals surface area contributed by atoms with Crippen LogP contribution in [0.25, 0.3) is 11.4 Å². The maximum atomic E-state index is 14.0. The summed E-state index contributed by atoms with van der Waals surface area (Å²) in [5.74, 6) is 0.0432. The molecule has 0 aliphatic heterocycles. The van der Waals surface area contributed by atoms with E-state index >= 15 is 0 Å². The first-order valence-corrected chi connectivity index (χ1v) is 5.91. The highest BCUT2D eigenvalue weighted by Crippen LogP contribution is 2.32. The van der Waals surface area contributed by atoms with Crippen molar-refractivity contribution in [3.05, 3.63) is 28.5 Å². The monoisotopic (exact) mass is 268 g/mol. The minimum absolute atomic E-state index is 0.0740. The van der Waals surface area contributed by atoms with Crippen LogP contribution in [0.5, 0.6) is 0 Å². The molecule has 0 spiro atoms. The molecule has 1 heterocycles. The van der Waals surface area contributed by atoms with Gasteiger partial charge in [-0.1, -0.05) is 32.4 Å². The largest absolute Gasteiger partial charge is 0.205 e. The molecule has 1 aromatic carbocycles. The predicted molar refractivity (Wildman–Crippen MR) is 67.9 cm³/mol. The fourth-order valence-electron chi connectivity index (χ4n) is 1.66. The average Bonchev–Trinajstić information content (AvgIpc) is 2.67. The summed E-state index contributed by atoms with van der Waals surface area (Å²) in [6.07, 6.45) is 0. The highest BCUT2D eigenvalue weighted by Gasteiger charge is 2.22. The van der Waals surface area contributed by atoms with Crippen LogP contribution >= 0.6 is 11.6 Å². The lowest BCUT2D eigenvalue weighted by molar-refractivity contribution is 0.523. The molecule has 0 saturated heterocycles. The molecule has 1 aromatic heterocycles. The number of tetrazole rings is 1. The van der Waals surface area contributed by atoms with Crippen LogP contribution in [-0.4, -0.2) is 20.2 Å². The zero-order chi connectivity index (χ0) is 13.5. The maximum absolute atomic E-state index is 14.0. The van der Waals surface area contributed by atoms with Crippen molar-refractivity contribution in [1.29, 1.82) is 0 Å². The Balaban J connectivity index is 2.61. The van der Waals surface area contributed by atoms with Gasteiger partial charge < -0.3 is 0 Å². The first-order valence-electron chi connectivity index (χ1n) is 5.53. The zero-order valence-electron chi connectivity index (χ0n) is 10.7. The third kappa shape index (κ3) is 2.36. The number of hydrogen-bond donors (Lipinski definition) is 0. The molecule has 96 valence electrons. The molecule has 0 amide bonds. The minimum atomic E-state index is -0.392. The van der Waals surface area contributed by atoms with Gasteiger partial charge in [0.15, 0.2) is 0 Å². The summed E-state index contributed by atoms with van der Waals surface area (Å²) in [7, 11) is 1.67. The molecule has 18 heavy (non-hydrogen) atoms. The minimum Gasteiger partial charge on any atom is -0.205 e. The van der Waals surface area contributed by atoms with E-state index in [1.807, 2.05) is 20.8 Å². The molecule has 2 aromatic rings. The lowest BCUT2D eigenvalue weighted by Crippen LogP contribution is -2.14. The summed E-state index contributed by atoms with van der Waals surface area (Å²) >= 11 is 5.92. The number of hydrogen-bond acceptors (Lipinski definition) is 3. The second-order valence-electron chi connectivity index (χ2n) is 5.17. The van der Waals surface area contributed by atoms with Crippen LogP contribution in [0, 0.1) is 5.82 Å². The smallest absolute Gasteiger partial charge is 0.204 e. The predicted octanol–water partition coefficient (Wildman–Crippen LogP) is 2.97. The Morgan fingerprint density at radius 1 is 1.28 bits per heavy atom. The molecule has 0 atom stereocenters. The van der Waals surface area contributed by atoms with Crippen LogP contribution in [0.4, 0.5) is 4.39 Å². The molecule has 0 aliphatic rings. The van der Waals surface area contributed by atoms with E-state index < -0.39 is 5.82 Å². The zero-order valence-corrected chi connectivity index (χ0v) is 11.5. The Labute approximate surface area is 110 Å². The van der Waals surface area contributed by atoms with E-state index in [0.717, 1.165) is 0 Å². The summed E-state index contributed by atoms with van der Waals surface area (Å²) in [5.41, 5.74) is 0.864. The van der Waals surface area contributed by atoms with Gasteiger partial charge in [0.05, 0.1) is 12.1 Å². The second-order valence-corrected chi connectivity index (χ2v) is 5.58. The normalized spacial score (nSPS) is 11.9. The fourth-order valence-corrected chi connectivity index (χ4v) is 1.88. The van der Waals surface area contributed by atoms with Crippen molar-refractivity contribution in [3.63, 3.8) is 0 Å². The number of aromatic nitrogens is 4. The van der Waals surface area contributed by atoms with E-state index in [2.05, 4.69) is 15.4 Å². The second kappa shape index (κ2) is 4.31. The Morgan fingerprint density at radius 2 is 1.94 bits per heavy atom. The first kappa shape index (κ1) is 13.0. The van der Waals surface area contributed by atoms with E-state index in [1.54, 1.807) is 13.1 Å². The van der Waals surface area contributed by atoms with Gasteiger partial charge in [-0.25, -0.2) is 4.39 Å². The number of benzene rings is 1. The maximum Gasteiger partial charge on any atom is 0.204 e. The molecular formula is C12H14ClFN4. The molecule has 0 unspecified atom stereocenters. The molecule has 0 N–H and O–H groups in total. The van der Waals surface area contributed by atoms with Crippen molar-refractivity contribution in [3.8, 4) is 11.4 Å². The Bertz CT molecular complexity index is 586. The van der Waals surface area contributed by atoms with Crippen molar-refractivity contribution >= 4 is 11.6 Å². The molecular weight excluding hydrogens is 255 g/mol. The number of halogens is 2. The lowest BCUT2D eigenvalue weighted by atomic mass is 9.85. The molecule has 0 bridgehead atoms. The SMILES string of the molecule is Cn1nnc(-c2cc(Cl)c(F)c(C(C)(C)C)c2)n1. The van der Waals surface area contributed by atoms with Crippen molar-refractivity contribution in [2.75, 3.05) is 0 Å².